The Morgan fingerprint density at radius 2 is 1.90 bits per heavy atom. The summed E-state index contributed by atoms with van der Waals surface area (Å²) >= 11 is 0. The molecule has 2 rings (SSSR count). The van der Waals surface area contributed by atoms with Gasteiger partial charge in [0, 0.05) is 31.2 Å². The summed E-state index contributed by atoms with van der Waals surface area (Å²) in [5.41, 5.74) is 0.290. The summed E-state index contributed by atoms with van der Waals surface area (Å²) in [6.45, 7) is 10.9. The first-order valence-electron chi connectivity index (χ1n) is 8.40. The van der Waals surface area contributed by atoms with Gasteiger partial charge < -0.3 is 10.1 Å². The largest absolute Gasteiger partial charge is 0.492 e. The second kappa shape index (κ2) is 7.81. The Bertz CT molecular complexity index is 403. The van der Waals surface area contributed by atoms with Gasteiger partial charge in [-0.2, -0.15) is 0 Å². The lowest BCUT2D eigenvalue weighted by Crippen LogP contribution is -2.64. The number of nitrogens with zero attached hydrogens (tertiary/aromatic N) is 1. The summed E-state index contributed by atoms with van der Waals surface area (Å²) in [6.07, 6.45) is 3.58. The van der Waals surface area contributed by atoms with Crippen LogP contribution in [0.4, 0.5) is 0 Å². The highest BCUT2D eigenvalue weighted by Crippen LogP contribution is 2.23. The molecule has 0 aliphatic carbocycles. The van der Waals surface area contributed by atoms with Gasteiger partial charge in [-0.25, -0.2) is 0 Å². The van der Waals surface area contributed by atoms with Crippen molar-refractivity contribution in [3.8, 4) is 5.75 Å². The number of para-hydroxylation sites is 1. The zero-order chi connectivity index (χ0) is 15.1. The van der Waals surface area contributed by atoms with Crippen LogP contribution in [0.3, 0.4) is 0 Å². The number of piperazine rings is 1. The summed E-state index contributed by atoms with van der Waals surface area (Å²) in [7, 11) is 0. The van der Waals surface area contributed by atoms with Crippen LogP contribution in [0, 0.1) is 0 Å². The molecule has 0 aromatic heterocycles. The first-order valence-corrected chi connectivity index (χ1v) is 8.40. The zero-order valence-corrected chi connectivity index (χ0v) is 13.8. The number of benzene rings is 1. The fourth-order valence-electron chi connectivity index (χ4n) is 3.22. The van der Waals surface area contributed by atoms with Crippen molar-refractivity contribution in [2.75, 3.05) is 26.2 Å². The van der Waals surface area contributed by atoms with Gasteiger partial charge in [-0.3, -0.25) is 4.90 Å². The van der Waals surface area contributed by atoms with Crippen LogP contribution in [0.15, 0.2) is 30.3 Å². The Labute approximate surface area is 129 Å². The van der Waals surface area contributed by atoms with Gasteiger partial charge in [-0.05, 0) is 31.4 Å². The van der Waals surface area contributed by atoms with E-state index in [1.165, 1.54) is 19.3 Å². The lowest BCUT2D eigenvalue weighted by molar-refractivity contribution is 0.0591. The molecule has 3 nitrogen and oxygen atoms in total. The van der Waals surface area contributed by atoms with E-state index in [4.69, 9.17) is 4.74 Å². The Morgan fingerprint density at radius 1 is 1.19 bits per heavy atom. The van der Waals surface area contributed by atoms with Crippen molar-refractivity contribution in [3.05, 3.63) is 30.3 Å². The third kappa shape index (κ3) is 4.21. The summed E-state index contributed by atoms with van der Waals surface area (Å²) in [4.78, 5) is 2.62. The van der Waals surface area contributed by atoms with E-state index >= 15 is 0 Å². The molecule has 1 unspecified atom stereocenters. The van der Waals surface area contributed by atoms with Gasteiger partial charge >= 0.3 is 0 Å². The highest BCUT2D eigenvalue weighted by Gasteiger charge is 2.35. The van der Waals surface area contributed by atoms with Gasteiger partial charge in [0.1, 0.15) is 12.4 Å². The molecule has 1 aromatic carbocycles. The number of hydrogen-bond donors (Lipinski definition) is 1. The summed E-state index contributed by atoms with van der Waals surface area (Å²) in [5, 5.41) is 3.79. The Hall–Kier alpha value is -1.06. The number of nitrogens with one attached hydrogen (secondary N) is 1. The van der Waals surface area contributed by atoms with Crippen LogP contribution in [0.25, 0.3) is 0 Å². The fraction of sp³-hybridized carbons (Fsp3) is 0.667. The van der Waals surface area contributed by atoms with Gasteiger partial charge in [0.05, 0.1) is 0 Å². The van der Waals surface area contributed by atoms with E-state index in [9.17, 15) is 0 Å². The molecular weight excluding hydrogens is 260 g/mol. The van der Waals surface area contributed by atoms with Gasteiger partial charge in [-0.1, -0.05) is 39.0 Å². The summed E-state index contributed by atoms with van der Waals surface area (Å²) in [6, 6.07) is 10.8. The first-order chi connectivity index (χ1) is 10.2. The molecule has 0 spiro atoms. The minimum atomic E-state index is 0.290. The topological polar surface area (TPSA) is 24.5 Å². The average Bonchev–Trinajstić information content (AvgIpc) is 2.55. The normalized spacial score (nSPS) is 22.1. The van der Waals surface area contributed by atoms with Crippen LogP contribution in [-0.4, -0.2) is 42.7 Å². The maximum absolute atomic E-state index is 5.87. The highest BCUT2D eigenvalue weighted by atomic mass is 16.5. The Kier molecular flexibility index (Phi) is 6.07. The zero-order valence-electron chi connectivity index (χ0n) is 13.8. The first kappa shape index (κ1) is 16.3. The minimum Gasteiger partial charge on any atom is -0.492 e. The molecule has 1 aliphatic heterocycles. The number of ether oxygens (including phenoxy) is 1. The average molecular weight is 290 g/mol. The van der Waals surface area contributed by atoms with Crippen LogP contribution in [0.5, 0.6) is 5.75 Å². The van der Waals surface area contributed by atoms with Gasteiger partial charge in [0.2, 0.25) is 0 Å². The van der Waals surface area contributed by atoms with E-state index in [0.717, 1.165) is 32.0 Å². The van der Waals surface area contributed by atoms with E-state index in [0.29, 0.717) is 11.6 Å². The predicted molar refractivity (Wildman–Crippen MR) is 88.9 cm³/mol. The monoisotopic (exact) mass is 290 g/mol. The standard InChI is InChI=1S/C18H30N2O/c1-4-16-14-19-18(5-2,6-3)15-20(16)12-13-21-17-10-8-7-9-11-17/h7-11,16,19H,4-6,12-15H2,1-3H3. The van der Waals surface area contributed by atoms with Crippen molar-refractivity contribution in [2.45, 2.75) is 51.6 Å². The lowest BCUT2D eigenvalue weighted by atomic mass is 9.88. The van der Waals surface area contributed by atoms with Crippen molar-refractivity contribution >= 4 is 0 Å². The van der Waals surface area contributed by atoms with Crippen LogP contribution in [0.2, 0.25) is 0 Å². The summed E-state index contributed by atoms with van der Waals surface area (Å²) < 4.78 is 5.87. The van der Waals surface area contributed by atoms with E-state index < -0.39 is 0 Å². The molecule has 1 aliphatic rings. The third-order valence-corrected chi connectivity index (χ3v) is 4.95. The molecule has 1 N–H and O–H groups in total. The maximum atomic E-state index is 5.87. The predicted octanol–water partition coefficient (Wildman–Crippen LogP) is 3.31. The fourth-order valence-corrected chi connectivity index (χ4v) is 3.22. The highest BCUT2D eigenvalue weighted by molar-refractivity contribution is 5.20. The van der Waals surface area contributed by atoms with Gasteiger partial charge in [0.15, 0.2) is 0 Å². The Morgan fingerprint density at radius 3 is 2.52 bits per heavy atom. The molecule has 0 saturated carbocycles. The van der Waals surface area contributed by atoms with E-state index in [1.54, 1.807) is 0 Å². The van der Waals surface area contributed by atoms with E-state index in [-0.39, 0.29) is 0 Å². The summed E-state index contributed by atoms with van der Waals surface area (Å²) in [5.74, 6) is 0.970. The molecule has 1 saturated heterocycles. The Balaban J connectivity index is 1.89. The van der Waals surface area contributed by atoms with Crippen molar-refractivity contribution in [1.29, 1.82) is 0 Å². The van der Waals surface area contributed by atoms with Crippen molar-refractivity contribution in [1.82, 2.24) is 10.2 Å². The molecule has 21 heavy (non-hydrogen) atoms. The molecule has 1 atom stereocenters. The van der Waals surface area contributed by atoms with Crippen LogP contribution in [0.1, 0.15) is 40.0 Å². The minimum absolute atomic E-state index is 0.290. The molecule has 1 aromatic rings. The SMILES string of the molecule is CCC1CNC(CC)(CC)CN1CCOc1ccccc1. The van der Waals surface area contributed by atoms with Crippen LogP contribution in [-0.2, 0) is 0 Å². The molecule has 3 heteroatoms. The van der Waals surface area contributed by atoms with Crippen LogP contribution < -0.4 is 10.1 Å². The lowest BCUT2D eigenvalue weighted by Gasteiger charge is -2.47. The molecular formula is C18H30N2O. The molecule has 0 amide bonds. The van der Waals surface area contributed by atoms with E-state index in [2.05, 4.69) is 31.0 Å². The van der Waals surface area contributed by atoms with Crippen molar-refractivity contribution in [3.63, 3.8) is 0 Å². The molecule has 0 radical (unpaired) electrons. The van der Waals surface area contributed by atoms with Gasteiger partial charge in [-0.15, -0.1) is 0 Å². The van der Waals surface area contributed by atoms with E-state index in [1.807, 2.05) is 30.3 Å². The van der Waals surface area contributed by atoms with Crippen LogP contribution >= 0.6 is 0 Å². The molecule has 1 fully saturated rings. The molecule has 118 valence electrons. The molecule has 1 heterocycles. The maximum Gasteiger partial charge on any atom is 0.119 e. The quantitative estimate of drug-likeness (QED) is 0.834. The number of hydrogen-bond acceptors (Lipinski definition) is 3. The molecule has 0 bridgehead atoms. The second-order valence-electron chi connectivity index (χ2n) is 6.06. The third-order valence-electron chi connectivity index (χ3n) is 4.95. The van der Waals surface area contributed by atoms with Crippen molar-refractivity contribution < 1.29 is 4.74 Å². The second-order valence-corrected chi connectivity index (χ2v) is 6.06. The smallest absolute Gasteiger partial charge is 0.119 e. The number of rotatable bonds is 7. The van der Waals surface area contributed by atoms with Gasteiger partial charge in [0.25, 0.3) is 0 Å². The van der Waals surface area contributed by atoms with Crippen molar-refractivity contribution in [2.24, 2.45) is 0 Å².